The zero-order chi connectivity index (χ0) is 6.97. The van der Waals surface area contributed by atoms with E-state index in [9.17, 15) is 0 Å². The van der Waals surface area contributed by atoms with E-state index >= 15 is 0 Å². The minimum absolute atomic E-state index is 0.536. The van der Waals surface area contributed by atoms with Crippen molar-refractivity contribution in [3.8, 4) is 0 Å². The number of nitrogen functional groups attached to an aromatic ring is 1. The minimum Gasteiger partial charge on any atom is -0.369 e. The monoisotopic (exact) mass is 138 g/mol. The van der Waals surface area contributed by atoms with Crippen molar-refractivity contribution >= 4 is 5.95 Å². The fourth-order valence-electron chi connectivity index (χ4n) is 1.24. The van der Waals surface area contributed by atoms with E-state index in [1.807, 2.05) is 0 Å². The molecule has 1 aliphatic heterocycles. The number of rotatable bonds is 0. The molecule has 0 saturated carbocycles. The number of nitrogens with zero attached hydrogens (tertiary/aromatic N) is 1. The van der Waals surface area contributed by atoms with Gasteiger partial charge in [0.05, 0.1) is 11.4 Å². The summed E-state index contributed by atoms with van der Waals surface area (Å²) in [6.45, 7) is 1.89. The number of H-pyrrole nitrogens is 1. The molecule has 2 rings (SSSR count). The van der Waals surface area contributed by atoms with Crippen molar-refractivity contribution in [1.29, 1.82) is 0 Å². The summed E-state index contributed by atoms with van der Waals surface area (Å²) in [6.07, 6.45) is 0.989. The summed E-state index contributed by atoms with van der Waals surface area (Å²) in [7, 11) is 0. The van der Waals surface area contributed by atoms with Crippen LogP contribution in [0.4, 0.5) is 5.95 Å². The molecule has 0 radical (unpaired) electrons. The third-order valence-electron chi connectivity index (χ3n) is 1.72. The van der Waals surface area contributed by atoms with Gasteiger partial charge in [-0.25, -0.2) is 4.98 Å². The summed E-state index contributed by atoms with van der Waals surface area (Å²) in [5.41, 5.74) is 7.73. The van der Waals surface area contributed by atoms with E-state index in [0.717, 1.165) is 30.9 Å². The van der Waals surface area contributed by atoms with E-state index in [0.29, 0.717) is 5.95 Å². The third-order valence-corrected chi connectivity index (χ3v) is 1.72. The molecule has 10 heavy (non-hydrogen) atoms. The molecule has 1 aliphatic rings. The Balaban J connectivity index is 2.41. The second-order valence-electron chi connectivity index (χ2n) is 2.47. The Bertz CT molecular complexity index is 216. The maximum atomic E-state index is 5.46. The fraction of sp³-hybridized carbons (Fsp3) is 0.500. The quantitative estimate of drug-likeness (QED) is 0.458. The summed E-state index contributed by atoms with van der Waals surface area (Å²) in [5.74, 6) is 0.536. The molecule has 0 fully saturated rings. The highest BCUT2D eigenvalue weighted by Crippen LogP contribution is 2.10. The Morgan fingerprint density at radius 1 is 1.50 bits per heavy atom. The molecule has 4 heteroatoms. The molecule has 0 aliphatic carbocycles. The minimum atomic E-state index is 0.536. The highest BCUT2D eigenvalue weighted by atomic mass is 15.1. The first kappa shape index (κ1) is 5.73. The van der Waals surface area contributed by atoms with Gasteiger partial charge in [0.25, 0.3) is 0 Å². The molecule has 1 aromatic heterocycles. The van der Waals surface area contributed by atoms with Crippen LogP contribution in [-0.2, 0) is 13.0 Å². The topological polar surface area (TPSA) is 66.7 Å². The van der Waals surface area contributed by atoms with Crippen molar-refractivity contribution in [2.24, 2.45) is 0 Å². The van der Waals surface area contributed by atoms with E-state index in [4.69, 9.17) is 5.73 Å². The predicted octanol–water partition coefficient (Wildman–Crippen LogP) is -0.362. The van der Waals surface area contributed by atoms with Crippen molar-refractivity contribution in [2.75, 3.05) is 12.3 Å². The lowest BCUT2D eigenvalue weighted by atomic mass is 10.2. The van der Waals surface area contributed by atoms with Crippen LogP contribution in [-0.4, -0.2) is 16.5 Å². The predicted molar refractivity (Wildman–Crippen MR) is 38.4 cm³/mol. The molecule has 0 spiro atoms. The number of anilines is 1. The smallest absolute Gasteiger partial charge is 0.197 e. The standard InChI is InChI=1S/C6H10N4/c7-6-9-4-1-2-8-3-5(4)10-6/h8H,1-3H2,(H3,7,9,10). The van der Waals surface area contributed by atoms with Crippen LogP contribution in [0, 0.1) is 0 Å². The van der Waals surface area contributed by atoms with E-state index in [1.165, 1.54) is 0 Å². The van der Waals surface area contributed by atoms with Gasteiger partial charge in [0.1, 0.15) is 0 Å². The van der Waals surface area contributed by atoms with E-state index in [-0.39, 0.29) is 0 Å². The highest BCUT2D eigenvalue weighted by Gasteiger charge is 2.11. The van der Waals surface area contributed by atoms with Crippen LogP contribution in [0.2, 0.25) is 0 Å². The number of imidazole rings is 1. The second kappa shape index (κ2) is 1.98. The van der Waals surface area contributed by atoms with Crippen LogP contribution in [0.3, 0.4) is 0 Å². The molecule has 1 aromatic rings. The Morgan fingerprint density at radius 3 is 3.20 bits per heavy atom. The van der Waals surface area contributed by atoms with Crippen LogP contribution in [0.15, 0.2) is 0 Å². The van der Waals surface area contributed by atoms with Gasteiger partial charge in [0.2, 0.25) is 0 Å². The van der Waals surface area contributed by atoms with Gasteiger partial charge in [-0.05, 0) is 0 Å². The van der Waals surface area contributed by atoms with Gasteiger partial charge in [0.15, 0.2) is 5.95 Å². The third kappa shape index (κ3) is 0.769. The first-order valence-corrected chi connectivity index (χ1v) is 3.40. The molecule has 0 saturated heterocycles. The molecular weight excluding hydrogens is 128 g/mol. The first-order chi connectivity index (χ1) is 4.86. The molecule has 0 unspecified atom stereocenters. The molecule has 0 atom stereocenters. The van der Waals surface area contributed by atoms with Crippen molar-refractivity contribution in [3.05, 3.63) is 11.4 Å². The van der Waals surface area contributed by atoms with Crippen molar-refractivity contribution in [3.63, 3.8) is 0 Å². The largest absolute Gasteiger partial charge is 0.369 e. The van der Waals surface area contributed by atoms with Crippen LogP contribution in [0.5, 0.6) is 0 Å². The summed E-state index contributed by atoms with van der Waals surface area (Å²) in [4.78, 5) is 7.13. The molecule has 4 nitrogen and oxygen atoms in total. The van der Waals surface area contributed by atoms with Crippen LogP contribution < -0.4 is 11.1 Å². The SMILES string of the molecule is Nc1nc2c([nH]1)CNCC2. The number of hydrogen-bond acceptors (Lipinski definition) is 3. The first-order valence-electron chi connectivity index (χ1n) is 3.40. The summed E-state index contributed by atoms with van der Waals surface area (Å²) >= 11 is 0. The lowest BCUT2D eigenvalue weighted by Crippen LogP contribution is -2.23. The number of nitrogens with two attached hydrogens (primary N) is 1. The Hall–Kier alpha value is -1.03. The highest BCUT2D eigenvalue weighted by molar-refractivity contribution is 5.27. The van der Waals surface area contributed by atoms with Crippen molar-refractivity contribution < 1.29 is 0 Å². The number of aromatic nitrogens is 2. The van der Waals surface area contributed by atoms with Gasteiger partial charge in [0, 0.05) is 19.5 Å². The molecule has 4 N–H and O–H groups in total. The number of aromatic amines is 1. The molecule has 54 valence electrons. The van der Waals surface area contributed by atoms with Gasteiger partial charge in [-0.15, -0.1) is 0 Å². The average molecular weight is 138 g/mol. The normalized spacial score (nSPS) is 16.8. The second-order valence-corrected chi connectivity index (χ2v) is 2.47. The maximum absolute atomic E-state index is 5.46. The van der Waals surface area contributed by atoms with Gasteiger partial charge in [-0.3, -0.25) is 0 Å². The van der Waals surface area contributed by atoms with Gasteiger partial charge >= 0.3 is 0 Å². The van der Waals surface area contributed by atoms with E-state index in [2.05, 4.69) is 15.3 Å². The van der Waals surface area contributed by atoms with Crippen LogP contribution in [0.1, 0.15) is 11.4 Å². The lowest BCUT2D eigenvalue weighted by Gasteiger charge is -2.09. The zero-order valence-corrected chi connectivity index (χ0v) is 5.65. The molecule has 2 heterocycles. The fourth-order valence-corrected chi connectivity index (χ4v) is 1.24. The van der Waals surface area contributed by atoms with E-state index in [1.54, 1.807) is 0 Å². The number of fused-ring (bicyclic) bond motifs is 1. The van der Waals surface area contributed by atoms with Gasteiger partial charge in [-0.1, -0.05) is 0 Å². The Morgan fingerprint density at radius 2 is 2.40 bits per heavy atom. The Kier molecular flexibility index (Phi) is 1.14. The average Bonchev–Trinajstić information content (AvgIpc) is 2.27. The molecule has 0 amide bonds. The van der Waals surface area contributed by atoms with Crippen LogP contribution >= 0.6 is 0 Å². The molecule has 0 aromatic carbocycles. The zero-order valence-electron chi connectivity index (χ0n) is 5.65. The summed E-state index contributed by atoms with van der Waals surface area (Å²) < 4.78 is 0. The van der Waals surface area contributed by atoms with Crippen molar-refractivity contribution in [2.45, 2.75) is 13.0 Å². The van der Waals surface area contributed by atoms with E-state index < -0.39 is 0 Å². The van der Waals surface area contributed by atoms with Crippen LogP contribution in [0.25, 0.3) is 0 Å². The number of nitrogens with one attached hydrogen (secondary N) is 2. The summed E-state index contributed by atoms with van der Waals surface area (Å²) in [6, 6.07) is 0. The molecular formula is C6H10N4. The Labute approximate surface area is 58.8 Å². The molecule has 0 bridgehead atoms. The van der Waals surface area contributed by atoms with Gasteiger partial charge in [-0.2, -0.15) is 0 Å². The maximum Gasteiger partial charge on any atom is 0.197 e. The van der Waals surface area contributed by atoms with Gasteiger partial charge < -0.3 is 16.0 Å². The lowest BCUT2D eigenvalue weighted by molar-refractivity contribution is 0.627. The number of hydrogen-bond donors (Lipinski definition) is 3. The van der Waals surface area contributed by atoms with Crippen molar-refractivity contribution in [1.82, 2.24) is 15.3 Å². The summed E-state index contributed by atoms with van der Waals surface area (Å²) in [5, 5.41) is 3.23.